The minimum Gasteiger partial charge on any atom is -0.481 e. The molecule has 24 heavy (non-hydrogen) atoms. The molecule has 0 spiro atoms. The van der Waals surface area contributed by atoms with Crippen LogP contribution in [0.4, 0.5) is 9.18 Å². The molecule has 0 aromatic heterocycles. The van der Waals surface area contributed by atoms with E-state index >= 15 is 0 Å². The maximum Gasteiger partial charge on any atom is 0.316 e. The summed E-state index contributed by atoms with van der Waals surface area (Å²) in [5.74, 6) is -1.46. The number of urea groups is 1. The topological polar surface area (TPSA) is 92.4 Å². The fourth-order valence-electron chi connectivity index (χ4n) is 3.03. The molecule has 2 aromatic rings. The normalized spacial score (nSPS) is 22.0. The van der Waals surface area contributed by atoms with E-state index in [-0.39, 0.29) is 6.42 Å². The van der Waals surface area contributed by atoms with Gasteiger partial charge in [-0.3, -0.25) is 4.79 Å². The number of nitrogens with two attached hydrogens (primary N) is 1. The third kappa shape index (κ3) is 2.69. The first-order valence-electron chi connectivity index (χ1n) is 7.20. The Bertz CT molecular complexity index is 825. The van der Waals surface area contributed by atoms with Crippen molar-refractivity contribution in [2.75, 3.05) is 0 Å². The minimum atomic E-state index is -1.27. The van der Waals surface area contributed by atoms with Crippen LogP contribution in [0, 0.1) is 5.82 Å². The van der Waals surface area contributed by atoms with Crippen LogP contribution in [0.1, 0.15) is 12.0 Å². The van der Waals surface area contributed by atoms with E-state index in [0.717, 1.165) is 0 Å². The number of benzene rings is 2. The summed E-state index contributed by atoms with van der Waals surface area (Å²) in [5, 5.41) is 12.6. The Hall–Kier alpha value is -2.60. The van der Waals surface area contributed by atoms with Gasteiger partial charge in [0.05, 0.1) is 6.04 Å². The standard InChI is InChI=1S/C17H14ClFN2O3/c18-10-3-6-13(12(7-10)9-1-4-11(19)5-2-9)17(15(22)23)8-14(17)21-16(20)24/h1-7,14H,8H2,(H,22,23)(H3,20,21,24). The molecule has 0 radical (unpaired) electrons. The summed E-state index contributed by atoms with van der Waals surface area (Å²) in [6.45, 7) is 0. The number of aliphatic carboxylic acids is 1. The van der Waals surface area contributed by atoms with Crippen molar-refractivity contribution in [3.63, 3.8) is 0 Å². The number of carboxylic acid groups (broad SMARTS) is 1. The predicted molar refractivity (Wildman–Crippen MR) is 87.3 cm³/mol. The number of halogens is 2. The maximum atomic E-state index is 13.2. The molecule has 2 amide bonds. The van der Waals surface area contributed by atoms with Crippen LogP contribution in [-0.2, 0) is 10.2 Å². The molecule has 2 atom stereocenters. The summed E-state index contributed by atoms with van der Waals surface area (Å²) in [4.78, 5) is 23.0. The lowest BCUT2D eigenvalue weighted by atomic mass is 9.87. The molecule has 0 heterocycles. The number of carbonyl (C=O) groups excluding carboxylic acids is 1. The molecule has 5 nitrogen and oxygen atoms in total. The minimum absolute atomic E-state index is 0.223. The molecule has 1 aliphatic rings. The number of primary amides is 1. The van der Waals surface area contributed by atoms with E-state index in [1.807, 2.05) is 0 Å². The first kappa shape index (κ1) is 16.3. The van der Waals surface area contributed by atoms with Gasteiger partial charge in [0.1, 0.15) is 11.2 Å². The van der Waals surface area contributed by atoms with Crippen LogP contribution >= 0.6 is 11.6 Å². The van der Waals surface area contributed by atoms with Crippen LogP contribution in [0.25, 0.3) is 11.1 Å². The highest BCUT2D eigenvalue weighted by Crippen LogP contribution is 2.52. The quantitative estimate of drug-likeness (QED) is 0.793. The highest BCUT2D eigenvalue weighted by atomic mass is 35.5. The summed E-state index contributed by atoms with van der Waals surface area (Å²) >= 11 is 6.06. The van der Waals surface area contributed by atoms with Gasteiger partial charge >= 0.3 is 12.0 Å². The summed E-state index contributed by atoms with van der Waals surface area (Å²) in [7, 11) is 0. The van der Waals surface area contributed by atoms with Gasteiger partial charge < -0.3 is 16.2 Å². The van der Waals surface area contributed by atoms with Gasteiger partial charge in [-0.05, 0) is 47.4 Å². The van der Waals surface area contributed by atoms with Gasteiger partial charge in [0.25, 0.3) is 0 Å². The Balaban J connectivity index is 2.12. The van der Waals surface area contributed by atoms with E-state index in [9.17, 15) is 19.1 Å². The molecule has 3 rings (SSSR count). The van der Waals surface area contributed by atoms with Crippen LogP contribution < -0.4 is 11.1 Å². The SMILES string of the molecule is NC(=O)NC1CC1(C(=O)O)c1ccc(Cl)cc1-c1ccc(F)cc1. The van der Waals surface area contributed by atoms with E-state index in [0.29, 0.717) is 21.7 Å². The van der Waals surface area contributed by atoms with Gasteiger partial charge in [0.15, 0.2) is 0 Å². The van der Waals surface area contributed by atoms with Crippen molar-refractivity contribution in [1.82, 2.24) is 5.32 Å². The van der Waals surface area contributed by atoms with E-state index in [2.05, 4.69) is 5.32 Å². The second-order valence-electron chi connectivity index (χ2n) is 5.74. The van der Waals surface area contributed by atoms with E-state index < -0.39 is 29.3 Å². The molecular formula is C17H14ClFN2O3. The Kier molecular flexibility index (Phi) is 3.93. The zero-order chi connectivity index (χ0) is 17.5. The molecular weight excluding hydrogens is 335 g/mol. The molecule has 1 saturated carbocycles. The summed E-state index contributed by atoms with van der Waals surface area (Å²) in [6, 6.07) is 9.16. The third-order valence-corrected chi connectivity index (χ3v) is 4.51. The van der Waals surface area contributed by atoms with Crippen molar-refractivity contribution >= 4 is 23.6 Å². The fourth-order valence-corrected chi connectivity index (χ4v) is 3.20. The number of nitrogens with one attached hydrogen (secondary N) is 1. The number of carboxylic acids is 1. The largest absolute Gasteiger partial charge is 0.481 e. The number of hydrogen-bond donors (Lipinski definition) is 3. The fraction of sp³-hybridized carbons (Fsp3) is 0.176. The number of rotatable bonds is 4. The molecule has 1 aliphatic carbocycles. The van der Waals surface area contributed by atoms with Gasteiger partial charge in [-0.2, -0.15) is 0 Å². The molecule has 7 heteroatoms. The zero-order valence-electron chi connectivity index (χ0n) is 12.4. The summed E-state index contributed by atoms with van der Waals surface area (Å²) in [6.07, 6.45) is 0.223. The van der Waals surface area contributed by atoms with Crippen molar-refractivity contribution in [2.24, 2.45) is 5.73 Å². The number of amides is 2. The molecule has 4 N–H and O–H groups in total. The van der Waals surface area contributed by atoms with Gasteiger partial charge in [0.2, 0.25) is 0 Å². The van der Waals surface area contributed by atoms with E-state index in [1.165, 1.54) is 12.1 Å². The van der Waals surface area contributed by atoms with E-state index in [4.69, 9.17) is 17.3 Å². The first-order valence-corrected chi connectivity index (χ1v) is 7.58. The average molecular weight is 349 g/mol. The van der Waals surface area contributed by atoms with Gasteiger partial charge in [0, 0.05) is 5.02 Å². The van der Waals surface area contributed by atoms with Crippen LogP contribution in [0.2, 0.25) is 5.02 Å². The lowest BCUT2D eigenvalue weighted by Gasteiger charge is -2.18. The van der Waals surface area contributed by atoms with Gasteiger partial charge in [-0.15, -0.1) is 0 Å². The monoisotopic (exact) mass is 348 g/mol. The number of carbonyl (C=O) groups is 2. The molecule has 2 aromatic carbocycles. The Morgan fingerprint density at radius 1 is 1.25 bits per heavy atom. The summed E-state index contributed by atoms with van der Waals surface area (Å²) < 4.78 is 13.2. The third-order valence-electron chi connectivity index (χ3n) is 4.28. The Labute approximate surface area is 142 Å². The van der Waals surface area contributed by atoms with Crippen LogP contribution in [0.5, 0.6) is 0 Å². The second-order valence-corrected chi connectivity index (χ2v) is 6.18. The van der Waals surface area contributed by atoms with Gasteiger partial charge in [-0.25, -0.2) is 9.18 Å². The smallest absolute Gasteiger partial charge is 0.316 e. The highest BCUT2D eigenvalue weighted by Gasteiger charge is 2.63. The molecule has 0 aliphatic heterocycles. The zero-order valence-corrected chi connectivity index (χ0v) is 13.2. The van der Waals surface area contributed by atoms with Crippen LogP contribution in [0.15, 0.2) is 42.5 Å². The van der Waals surface area contributed by atoms with Crippen molar-refractivity contribution in [2.45, 2.75) is 17.9 Å². The molecule has 124 valence electrons. The lowest BCUT2D eigenvalue weighted by Crippen LogP contribution is -2.38. The Morgan fingerprint density at radius 3 is 2.50 bits per heavy atom. The lowest BCUT2D eigenvalue weighted by molar-refractivity contribution is -0.140. The second kappa shape index (κ2) is 5.79. The van der Waals surface area contributed by atoms with Crippen molar-refractivity contribution < 1.29 is 19.1 Å². The molecule has 1 fully saturated rings. The highest BCUT2D eigenvalue weighted by molar-refractivity contribution is 6.31. The number of hydrogen-bond acceptors (Lipinski definition) is 2. The average Bonchev–Trinajstić information content (AvgIpc) is 3.22. The van der Waals surface area contributed by atoms with Crippen LogP contribution in [-0.4, -0.2) is 23.1 Å². The van der Waals surface area contributed by atoms with Crippen molar-refractivity contribution in [1.29, 1.82) is 0 Å². The first-order chi connectivity index (χ1) is 11.3. The van der Waals surface area contributed by atoms with Crippen molar-refractivity contribution in [3.8, 4) is 11.1 Å². The van der Waals surface area contributed by atoms with E-state index in [1.54, 1.807) is 30.3 Å². The predicted octanol–water partition coefficient (Wildman–Crippen LogP) is 2.91. The molecule has 0 saturated heterocycles. The summed E-state index contributed by atoms with van der Waals surface area (Å²) in [5.41, 5.74) is 5.57. The van der Waals surface area contributed by atoms with Crippen molar-refractivity contribution in [3.05, 3.63) is 58.9 Å². The van der Waals surface area contributed by atoms with Crippen LogP contribution in [0.3, 0.4) is 0 Å². The molecule has 2 unspecified atom stereocenters. The van der Waals surface area contributed by atoms with Gasteiger partial charge in [-0.1, -0.05) is 29.8 Å². The molecule has 0 bridgehead atoms. The Morgan fingerprint density at radius 2 is 1.92 bits per heavy atom. The maximum absolute atomic E-state index is 13.2.